The number of benzene rings is 2. The van der Waals surface area contributed by atoms with Crippen molar-refractivity contribution in [1.29, 1.82) is 0 Å². The Balaban J connectivity index is 2.36. The van der Waals surface area contributed by atoms with Crippen LogP contribution in [0.25, 0.3) is 0 Å². The van der Waals surface area contributed by atoms with Crippen LogP contribution in [-0.2, 0) is 25.3 Å². The minimum atomic E-state index is -2.17. The Labute approximate surface area is 170 Å². The number of hydrogen-bond donors (Lipinski definition) is 0. The van der Waals surface area contributed by atoms with Gasteiger partial charge in [0.1, 0.15) is 6.10 Å². The SMILES string of the molecule is COC(=O)[C@H](OCc1ccccc1)[C@H](O[Si](C)(C)C(C)(C)C)c1ccccc1. The molecular formula is C23H32O4Si. The summed E-state index contributed by atoms with van der Waals surface area (Å²) in [6, 6.07) is 19.6. The van der Waals surface area contributed by atoms with Gasteiger partial charge in [0.2, 0.25) is 0 Å². The summed E-state index contributed by atoms with van der Waals surface area (Å²) in [6.07, 6.45) is -1.38. The number of ether oxygens (including phenoxy) is 2. The molecule has 0 aliphatic heterocycles. The first-order chi connectivity index (χ1) is 13.2. The first-order valence-electron chi connectivity index (χ1n) is 9.62. The highest BCUT2D eigenvalue weighted by molar-refractivity contribution is 6.74. The summed E-state index contributed by atoms with van der Waals surface area (Å²) >= 11 is 0. The first kappa shape index (κ1) is 22.3. The third kappa shape index (κ3) is 5.77. The predicted molar refractivity (Wildman–Crippen MR) is 115 cm³/mol. The number of carbonyl (C=O) groups excluding carboxylic acids is 1. The highest BCUT2D eigenvalue weighted by atomic mass is 28.4. The Morgan fingerprint density at radius 3 is 2.00 bits per heavy atom. The number of hydrogen-bond acceptors (Lipinski definition) is 4. The van der Waals surface area contributed by atoms with Gasteiger partial charge in [-0.1, -0.05) is 81.4 Å². The van der Waals surface area contributed by atoms with Crippen molar-refractivity contribution >= 4 is 14.3 Å². The minimum Gasteiger partial charge on any atom is -0.467 e. The van der Waals surface area contributed by atoms with E-state index in [1.807, 2.05) is 60.7 Å². The monoisotopic (exact) mass is 400 g/mol. The molecule has 0 aliphatic rings. The van der Waals surface area contributed by atoms with E-state index >= 15 is 0 Å². The fraction of sp³-hybridized carbons (Fsp3) is 0.435. The smallest absolute Gasteiger partial charge is 0.338 e. The number of rotatable bonds is 8. The fourth-order valence-electron chi connectivity index (χ4n) is 2.60. The number of methoxy groups -OCH3 is 1. The highest BCUT2D eigenvalue weighted by Crippen LogP contribution is 2.41. The van der Waals surface area contributed by atoms with Gasteiger partial charge in [0.25, 0.3) is 0 Å². The molecule has 2 atom stereocenters. The van der Waals surface area contributed by atoms with Crippen molar-refractivity contribution in [2.75, 3.05) is 7.11 Å². The van der Waals surface area contributed by atoms with E-state index in [0.717, 1.165) is 11.1 Å². The zero-order valence-electron chi connectivity index (χ0n) is 17.8. The average molecular weight is 401 g/mol. The van der Waals surface area contributed by atoms with E-state index in [1.165, 1.54) is 7.11 Å². The van der Waals surface area contributed by atoms with Crippen molar-refractivity contribution in [2.45, 2.75) is 57.7 Å². The topological polar surface area (TPSA) is 44.8 Å². The van der Waals surface area contributed by atoms with Crippen LogP contribution < -0.4 is 0 Å². The van der Waals surface area contributed by atoms with Crippen LogP contribution in [-0.4, -0.2) is 27.5 Å². The van der Waals surface area contributed by atoms with Crippen LogP contribution in [0.1, 0.15) is 38.0 Å². The molecule has 0 bridgehead atoms. The van der Waals surface area contributed by atoms with Crippen molar-refractivity contribution in [2.24, 2.45) is 0 Å². The van der Waals surface area contributed by atoms with Crippen molar-refractivity contribution in [3.8, 4) is 0 Å². The summed E-state index contributed by atoms with van der Waals surface area (Å²) in [5.41, 5.74) is 1.91. The molecule has 0 spiro atoms. The van der Waals surface area contributed by atoms with Gasteiger partial charge in [-0.15, -0.1) is 0 Å². The summed E-state index contributed by atoms with van der Waals surface area (Å²) in [5.74, 6) is -0.427. The molecule has 0 amide bonds. The van der Waals surface area contributed by atoms with Gasteiger partial charge in [-0.25, -0.2) is 4.79 Å². The van der Waals surface area contributed by atoms with Gasteiger partial charge in [-0.3, -0.25) is 0 Å². The maximum absolute atomic E-state index is 12.7. The predicted octanol–water partition coefficient (Wildman–Crippen LogP) is 5.51. The minimum absolute atomic E-state index is 0.000129. The van der Waals surface area contributed by atoms with E-state index in [9.17, 15) is 4.79 Å². The summed E-state index contributed by atoms with van der Waals surface area (Å²) in [5, 5.41) is 0.000129. The zero-order valence-corrected chi connectivity index (χ0v) is 18.8. The fourth-order valence-corrected chi connectivity index (χ4v) is 3.85. The van der Waals surface area contributed by atoms with Gasteiger partial charge in [0.05, 0.1) is 13.7 Å². The first-order valence-corrected chi connectivity index (χ1v) is 12.5. The normalized spacial score (nSPS) is 14.4. The molecule has 2 rings (SSSR count). The van der Waals surface area contributed by atoms with Gasteiger partial charge in [-0.05, 0) is 29.3 Å². The maximum Gasteiger partial charge on any atom is 0.338 e. The van der Waals surface area contributed by atoms with Crippen LogP contribution in [0.3, 0.4) is 0 Å². The zero-order chi connectivity index (χ0) is 20.8. The third-order valence-corrected chi connectivity index (χ3v) is 9.79. The van der Waals surface area contributed by atoms with Crippen LogP contribution in [0.4, 0.5) is 0 Å². The molecule has 0 unspecified atom stereocenters. The molecule has 5 heteroatoms. The molecule has 0 N–H and O–H groups in total. The maximum atomic E-state index is 12.7. The van der Waals surface area contributed by atoms with Crippen molar-refractivity contribution in [3.05, 3.63) is 71.8 Å². The van der Waals surface area contributed by atoms with E-state index in [4.69, 9.17) is 13.9 Å². The van der Waals surface area contributed by atoms with E-state index in [2.05, 4.69) is 33.9 Å². The molecule has 0 aromatic heterocycles. The Morgan fingerprint density at radius 1 is 0.964 bits per heavy atom. The Hall–Kier alpha value is -1.95. The lowest BCUT2D eigenvalue weighted by atomic mass is 10.0. The van der Waals surface area contributed by atoms with Crippen LogP contribution >= 0.6 is 0 Å². The molecule has 0 fully saturated rings. The molecule has 0 saturated carbocycles. The Kier molecular flexibility index (Phi) is 7.58. The summed E-state index contributed by atoms with van der Waals surface area (Å²) in [7, 11) is -0.784. The van der Waals surface area contributed by atoms with Gasteiger partial charge < -0.3 is 13.9 Å². The molecule has 152 valence electrons. The lowest BCUT2D eigenvalue weighted by Gasteiger charge is -2.41. The van der Waals surface area contributed by atoms with Crippen LogP contribution in [0.15, 0.2) is 60.7 Å². The largest absolute Gasteiger partial charge is 0.467 e. The van der Waals surface area contributed by atoms with Crippen LogP contribution in [0.5, 0.6) is 0 Å². The van der Waals surface area contributed by atoms with Gasteiger partial charge in [-0.2, -0.15) is 0 Å². The molecule has 0 aliphatic carbocycles. The van der Waals surface area contributed by atoms with Gasteiger partial charge >= 0.3 is 5.97 Å². The van der Waals surface area contributed by atoms with Crippen molar-refractivity contribution in [3.63, 3.8) is 0 Å². The molecular weight excluding hydrogens is 368 g/mol. The molecule has 2 aromatic carbocycles. The van der Waals surface area contributed by atoms with Crippen LogP contribution in [0.2, 0.25) is 18.1 Å². The number of carbonyl (C=O) groups is 1. The van der Waals surface area contributed by atoms with E-state index in [1.54, 1.807) is 0 Å². The van der Waals surface area contributed by atoms with E-state index in [0.29, 0.717) is 6.61 Å². The van der Waals surface area contributed by atoms with E-state index in [-0.39, 0.29) is 5.04 Å². The van der Waals surface area contributed by atoms with Crippen molar-refractivity contribution in [1.82, 2.24) is 0 Å². The van der Waals surface area contributed by atoms with Crippen LogP contribution in [0, 0.1) is 0 Å². The highest BCUT2D eigenvalue weighted by Gasteiger charge is 2.43. The Bertz CT molecular complexity index is 738. The molecule has 0 heterocycles. The molecule has 4 nitrogen and oxygen atoms in total. The van der Waals surface area contributed by atoms with E-state index < -0.39 is 26.5 Å². The second-order valence-electron chi connectivity index (χ2n) is 8.45. The molecule has 0 saturated heterocycles. The van der Waals surface area contributed by atoms with Gasteiger partial charge in [0.15, 0.2) is 14.4 Å². The molecule has 2 aromatic rings. The standard InChI is InChI=1S/C23H32O4Si/c1-23(2,3)28(5,6)27-20(19-15-11-8-12-16-19)21(22(24)25-4)26-17-18-13-9-7-10-14-18/h7-16,20-21H,17H2,1-6H3/t20-,21-/m1/s1. The lowest BCUT2D eigenvalue weighted by molar-refractivity contribution is -0.163. The summed E-state index contributed by atoms with van der Waals surface area (Å²) in [4.78, 5) is 12.7. The summed E-state index contributed by atoms with van der Waals surface area (Å²) < 4.78 is 17.8. The van der Waals surface area contributed by atoms with Gasteiger partial charge in [0, 0.05) is 0 Å². The Morgan fingerprint density at radius 2 is 1.50 bits per heavy atom. The second kappa shape index (κ2) is 9.50. The number of esters is 1. The average Bonchev–Trinajstić information content (AvgIpc) is 2.67. The summed E-state index contributed by atoms with van der Waals surface area (Å²) in [6.45, 7) is 11.2. The van der Waals surface area contributed by atoms with Crippen molar-refractivity contribution < 1.29 is 18.7 Å². The second-order valence-corrected chi connectivity index (χ2v) is 13.2. The third-order valence-electron chi connectivity index (χ3n) is 5.34. The molecule has 0 radical (unpaired) electrons. The lowest BCUT2D eigenvalue weighted by Crippen LogP contribution is -2.46. The molecule has 28 heavy (non-hydrogen) atoms. The quantitative estimate of drug-likeness (QED) is 0.433.